The Labute approximate surface area is 154 Å². The molecule has 2 aromatic carbocycles. The van der Waals surface area contributed by atoms with E-state index in [9.17, 15) is 9.59 Å². The van der Waals surface area contributed by atoms with Crippen LogP contribution in [0.1, 0.15) is 22.8 Å². The lowest BCUT2D eigenvalue weighted by Crippen LogP contribution is -2.26. The summed E-state index contributed by atoms with van der Waals surface area (Å²) in [5, 5.41) is 4.36. The van der Waals surface area contributed by atoms with E-state index >= 15 is 0 Å². The van der Waals surface area contributed by atoms with E-state index in [-0.39, 0.29) is 17.9 Å². The molecule has 0 aliphatic rings. The smallest absolute Gasteiger partial charge is 0.267 e. The largest absolute Gasteiger partial charge is 0.292 e. The first-order chi connectivity index (χ1) is 12.1. The first-order valence-electron chi connectivity index (χ1n) is 8.03. The van der Waals surface area contributed by atoms with Gasteiger partial charge in [-0.1, -0.05) is 65.3 Å². The van der Waals surface area contributed by atoms with Crippen molar-refractivity contribution >= 4 is 21.7 Å². The van der Waals surface area contributed by atoms with Gasteiger partial charge in [-0.3, -0.25) is 9.59 Å². The summed E-state index contributed by atoms with van der Waals surface area (Å²) < 4.78 is 2.10. The maximum atomic E-state index is 12.5. The van der Waals surface area contributed by atoms with Gasteiger partial charge in [0.15, 0.2) is 5.78 Å². The number of nitrogens with zero attached hydrogens (tertiary/aromatic N) is 2. The first-order valence-corrected chi connectivity index (χ1v) is 8.83. The number of hydrogen-bond donors (Lipinski definition) is 0. The number of halogens is 1. The van der Waals surface area contributed by atoms with Crippen LogP contribution in [0.2, 0.25) is 0 Å². The molecular weight excluding hydrogens is 380 g/mol. The van der Waals surface area contributed by atoms with Crippen LogP contribution < -0.4 is 5.56 Å². The second-order valence-electron chi connectivity index (χ2n) is 5.67. The van der Waals surface area contributed by atoms with Crippen molar-refractivity contribution in [1.82, 2.24) is 9.78 Å². The summed E-state index contributed by atoms with van der Waals surface area (Å²) in [5.74, 6) is -0.137. The lowest BCUT2D eigenvalue weighted by Gasteiger charge is -2.08. The minimum Gasteiger partial charge on any atom is -0.292 e. The average molecular weight is 397 g/mol. The van der Waals surface area contributed by atoms with Gasteiger partial charge in [0, 0.05) is 21.7 Å². The molecule has 0 saturated heterocycles. The number of rotatable bonds is 5. The fraction of sp³-hybridized carbons (Fsp3) is 0.150. The highest BCUT2D eigenvalue weighted by Gasteiger charge is 2.11. The Balaban J connectivity index is 1.89. The Kier molecular flexibility index (Phi) is 5.24. The quantitative estimate of drug-likeness (QED) is 0.609. The molecule has 1 heterocycles. The van der Waals surface area contributed by atoms with Crippen LogP contribution in [0, 0.1) is 0 Å². The van der Waals surface area contributed by atoms with Crippen molar-refractivity contribution in [3.8, 4) is 11.3 Å². The van der Waals surface area contributed by atoms with Gasteiger partial charge in [0.05, 0.1) is 5.69 Å². The minimum atomic E-state index is -0.297. The third kappa shape index (κ3) is 3.94. The van der Waals surface area contributed by atoms with Gasteiger partial charge >= 0.3 is 0 Å². The third-order valence-corrected chi connectivity index (χ3v) is 4.69. The van der Waals surface area contributed by atoms with Crippen molar-refractivity contribution in [2.45, 2.75) is 19.9 Å². The van der Waals surface area contributed by atoms with Crippen molar-refractivity contribution in [3.63, 3.8) is 0 Å². The van der Waals surface area contributed by atoms with Crippen molar-refractivity contribution in [2.24, 2.45) is 0 Å². The maximum absolute atomic E-state index is 12.5. The van der Waals surface area contributed by atoms with E-state index in [4.69, 9.17) is 0 Å². The van der Waals surface area contributed by atoms with Crippen molar-refractivity contribution in [2.75, 3.05) is 0 Å². The number of carbonyl (C=O) groups is 1. The van der Waals surface area contributed by atoms with Gasteiger partial charge in [-0.15, -0.1) is 0 Å². The number of benzene rings is 2. The van der Waals surface area contributed by atoms with Gasteiger partial charge in [0.25, 0.3) is 5.56 Å². The van der Waals surface area contributed by atoms with Gasteiger partial charge in [-0.25, -0.2) is 4.68 Å². The predicted molar refractivity (Wildman–Crippen MR) is 102 cm³/mol. The molecule has 0 radical (unpaired) electrons. The zero-order valence-electron chi connectivity index (χ0n) is 13.8. The molecule has 126 valence electrons. The minimum absolute atomic E-state index is 0.0808. The number of hydrogen-bond acceptors (Lipinski definition) is 3. The molecule has 3 rings (SSSR count). The standard InChI is InChI=1S/C20H17BrN2O2/c1-2-14-7-9-15(10-8-14)19(24)13-23-20(25)12-11-18(22-23)16-5-3-4-6-17(16)21/h3-12H,2,13H2,1H3. The molecule has 0 spiro atoms. The zero-order chi connectivity index (χ0) is 17.8. The summed E-state index contributed by atoms with van der Waals surface area (Å²) in [6.07, 6.45) is 0.920. The summed E-state index contributed by atoms with van der Waals surface area (Å²) in [6.45, 7) is 1.98. The zero-order valence-corrected chi connectivity index (χ0v) is 15.4. The van der Waals surface area contributed by atoms with Crippen LogP contribution in [0.5, 0.6) is 0 Å². The lowest BCUT2D eigenvalue weighted by molar-refractivity contribution is 0.0966. The molecule has 0 bridgehead atoms. The number of aryl methyl sites for hydroxylation is 1. The van der Waals surface area contributed by atoms with E-state index in [2.05, 4.69) is 28.0 Å². The molecule has 0 fully saturated rings. The Bertz CT molecular complexity index is 962. The van der Waals surface area contributed by atoms with Crippen molar-refractivity contribution in [3.05, 3.63) is 86.6 Å². The Morgan fingerprint density at radius 2 is 1.76 bits per heavy atom. The normalized spacial score (nSPS) is 10.6. The van der Waals surface area contributed by atoms with Crippen LogP contribution in [0.15, 0.2) is 69.9 Å². The highest BCUT2D eigenvalue weighted by Crippen LogP contribution is 2.25. The fourth-order valence-electron chi connectivity index (χ4n) is 2.53. The van der Waals surface area contributed by atoms with Gasteiger partial charge in [-0.2, -0.15) is 5.10 Å². The average Bonchev–Trinajstić information content (AvgIpc) is 2.64. The molecule has 5 heteroatoms. The van der Waals surface area contributed by atoms with Crippen LogP contribution in [-0.4, -0.2) is 15.6 Å². The van der Waals surface area contributed by atoms with E-state index in [0.717, 1.165) is 16.5 Å². The summed E-state index contributed by atoms with van der Waals surface area (Å²) in [7, 11) is 0. The second kappa shape index (κ2) is 7.57. The van der Waals surface area contributed by atoms with E-state index in [1.165, 1.54) is 16.3 Å². The van der Waals surface area contributed by atoms with Crippen LogP contribution >= 0.6 is 15.9 Å². The van der Waals surface area contributed by atoms with Gasteiger partial charge < -0.3 is 0 Å². The summed E-state index contributed by atoms with van der Waals surface area (Å²) in [5.41, 5.74) is 2.96. The molecule has 0 amide bonds. The highest BCUT2D eigenvalue weighted by molar-refractivity contribution is 9.10. The SMILES string of the molecule is CCc1ccc(C(=O)Cn2nc(-c3ccccc3Br)ccc2=O)cc1. The van der Waals surface area contributed by atoms with Crippen molar-refractivity contribution in [1.29, 1.82) is 0 Å². The number of Topliss-reactive ketones (excluding diaryl/α,β-unsaturated/α-hetero) is 1. The fourth-order valence-corrected chi connectivity index (χ4v) is 3.02. The summed E-state index contributed by atoms with van der Waals surface area (Å²) in [6, 6.07) is 18.2. The molecular formula is C20H17BrN2O2. The van der Waals surface area contributed by atoms with Crippen LogP contribution in [0.25, 0.3) is 11.3 Å². The monoisotopic (exact) mass is 396 g/mol. The van der Waals surface area contributed by atoms with Gasteiger partial charge in [-0.05, 0) is 24.1 Å². The Hall–Kier alpha value is -2.53. The van der Waals surface area contributed by atoms with Crippen molar-refractivity contribution < 1.29 is 4.79 Å². The molecule has 0 saturated carbocycles. The molecule has 3 aromatic rings. The molecule has 25 heavy (non-hydrogen) atoms. The summed E-state index contributed by atoms with van der Waals surface area (Å²) in [4.78, 5) is 24.6. The number of aromatic nitrogens is 2. The number of carbonyl (C=O) groups excluding carboxylic acids is 1. The molecule has 1 aromatic heterocycles. The van der Waals surface area contributed by atoms with Crippen LogP contribution in [0.4, 0.5) is 0 Å². The third-order valence-electron chi connectivity index (χ3n) is 3.99. The van der Waals surface area contributed by atoms with Crippen LogP contribution in [0.3, 0.4) is 0 Å². The maximum Gasteiger partial charge on any atom is 0.267 e. The Morgan fingerprint density at radius 3 is 2.44 bits per heavy atom. The molecule has 0 N–H and O–H groups in total. The Morgan fingerprint density at radius 1 is 1.04 bits per heavy atom. The van der Waals surface area contributed by atoms with Gasteiger partial charge in [0.2, 0.25) is 0 Å². The first kappa shape index (κ1) is 17.3. The highest BCUT2D eigenvalue weighted by atomic mass is 79.9. The number of ketones is 1. The van der Waals surface area contributed by atoms with Crippen LogP contribution in [-0.2, 0) is 13.0 Å². The van der Waals surface area contributed by atoms with E-state index < -0.39 is 0 Å². The molecule has 0 unspecified atom stereocenters. The molecule has 0 atom stereocenters. The lowest BCUT2D eigenvalue weighted by atomic mass is 10.1. The van der Waals surface area contributed by atoms with E-state index in [1.54, 1.807) is 18.2 Å². The van der Waals surface area contributed by atoms with E-state index in [1.807, 2.05) is 36.4 Å². The second-order valence-corrected chi connectivity index (χ2v) is 6.52. The summed E-state index contributed by atoms with van der Waals surface area (Å²) >= 11 is 3.48. The molecule has 0 aliphatic heterocycles. The molecule has 0 aliphatic carbocycles. The predicted octanol–water partition coefficient (Wildman–Crippen LogP) is 4.12. The molecule has 4 nitrogen and oxygen atoms in total. The van der Waals surface area contributed by atoms with E-state index in [0.29, 0.717) is 11.3 Å². The topological polar surface area (TPSA) is 52.0 Å². The van der Waals surface area contributed by atoms with Gasteiger partial charge in [0.1, 0.15) is 6.54 Å².